The first kappa shape index (κ1) is 9.40. The van der Waals surface area contributed by atoms with E-state index in [0.29, 0.717) is 12.8 Å². The molecule has 0 saturated heterocycles. The van der Waals surface area contributed by atoms with Crippen LogP contribution in [0.1, 0.15) is 0 Å². The fourth-order valence-electron chi connectivity index (χ4n) is 0.395. The van der Waals surface area contributed by atoms with Crippen molar-refractivity contribution < 1.29 is 0 Å². The minimum Gasteiger partial charge on any atom is -0.197 e. The Labute approximate surface area is 94.5 Å². The van der Waals surface area contributed by atoms with Crippen LogP contribution in [0.2, 0.25) is 0 Å². The van der Waals surface area contributed by atoms with Crippen molar-refractivity contribution in [2.45, 2.75) is 5.16 Å². The third-order valence-corrected chi connectivity index (χ3v) is 2.12. The van der Waals surface area contributed by atoms with E-state index in [9.17, 15) is 0 Å². The molecule has 56 valence electrons. The van der Waals surface area contributed by atoms with Gasteiger partial charge in [-0.3, -0.25) is 0 Å². The molecule has 11 heavy (non-hydrogen) atoms. The molecule has 1 heterocycles. The number of thiocyanates is 1. The van der Waals surface area contributed by atoms with Crippen molar-refractivity contribution >= 4 is 56.9 Å². The maximum atomic E-state index is 8.31. The van der Waals surface area contributed by atoms with E-state index in [0.717, 1.165) is 11.8 Å². The van der Waals surface area contributed by atoms with Crippen LogP contribution in [0.5, 0.6) is 0 Å². The number of thioether (sulfide) groups is 1. The SMILES string of the molecule is N#CSc1nc(I)nc(I)n1. The predicted molar refractivity (Wildman–Crippen MR) is 56.7 cm³/mol. The largest absolute Gasteiger partial charge is 0.207 e. The second-order valence-electron chi connectivity index (χ2n) is 1.35. The smallest absolute Gasteiger partial charge is 0.197 e. The normalized spacial score (nSPS) is 9.18. The lowest BCUT2D eigenvalue weighted by Crippen LogP contribution is -1.96. The van der Waals surface area contributed by atoms with Crippen molar-refractivity contribution in [1.82, 2.24) is 15.0 Å². The van der Waals surface area contributed by atoms with Gasteiger partial charge in [-0.25, -0.2) is 0 Å². The first-order valence-electron chi connectivity index (χ1n) is 2.35. The monoisotopic (exact) mass is 390 g/mol. The second kappa shape index (κ2) is 4.36. The number of hydrogen-bond acceptors (Lipinski definition) is 5. The molecule has 0 spiro atoms. The van der Waals surface area contributed by atoms with Crippen LogP contribution < -0.4 is 0 Å². The highest BCUT2D eigenvalue weighted by molar-refractivity contribution is 14.1. The van der Waals surface area contributed by atoms with Gasteiger partial charge in [0.05, 0.1) is 0 Å². The molecule has 0 aliphatic rings. The van der Waals surface area contributed by atoms with E-state index >= 15 is 0 Å². The van der Waals surface area contributed by atoms with Crippen LogP contribution in [0.4, 0.5) is 0 Å². The quantitative estimate of drug-likeness (QED) is 0.415. The molecule has 1 aromatic heterocycles. The Morgan fingerprint density at radius 2 is 1.73 bits per heavy atom. The number of hydrogen-bond donors (Lipinski definition) is 0. The summed E-state index contributed by atoms with van der Waals surface area (Å²) in [5.41, 5.74) is 0. The van der Waals surface area contributed by atoms with E-state index < -0.39 is 0 Å². The molecule has 0 unspecified atom stereocenters. The first-order valence-corrected chi connectivity index (χ1v) is 5.33. The first-order chi connectivity index (χ1) is 5.22. The molecule has 0 aliphatic carbocycles. The summed E-state index contributed by atoms with van der Waals surface area (Å²) < 4.78 is 1.22. The Balaban J connectivity index is 3.01. The second-order valence-corrected chi connectivity index (χ2v) is 4.03. The zero-order valence-corrected chi connectivity index (χ0v) is 10.1. The van der Waals surface area contributed by atoms with E-state index in [1.807, 2.05) is 50.6 Å². The van der Waals surface area contributed by atoms with Crippen LogP contribution in [0, 0.1) is 18.3 Å². The molecule has 0 aliphatic heterocycles. The lowest BCUT2D eigenvalue weighted by molar-refractivity contribution is 0.848. The number of rotatable bonds is 1. The summed E-state index contributed by atoms with van der Waals surface area (Å²) in [6.45, 7) is 0. The molecule has 1 aromatic rings. The average molecular weight is 390 g/mol. The molecule has 0 fully saturated rings. The molecule has 0 bridgehead atoms. The Kier molecular flexibility index (Phi) is 3.73. The zero-order valence-electron chi connectivity index (χ0n) is 4.95. The molecule has 0 amide bonds. The molecule has 1 rings (SSSR count). The maximum absolute atomic E-state index is 8.31. The van der Waals surface area contributed by atoms with E-state index in [1.54, 1.807) is 0 Å². The van der Waals surface area contributed by atoms with Gasteiger partial charge in [-0.15, -0.1) is 0 Å². The third-order valence-electron chi connectivity index (χ3n) is 0.697. The van der Waals surface area contributed by atoms with Crippen LogP contribution in [0.3, 0.4) is 0 Å². The van der Waals surface area contributed by atoms with Crippen LogP contribution >= 0.6 is 56.9 Å². The lowest BCUT2D eigenvalue weighted by atomic mass is 11.1. The van der Waals surface area contributed by atoms with E-state index in [4.69, 9.17) is 5.26 Å². The highest BCUT2D eigenvalue weighted by Crippen LogP contribution is 2.12. The fourth-order valence-corrected chi connectivity index (χ4v) is 2.44. The Hall–Kier alpha value is 0.310. The topological polar surface area (TPSA) is 62.5 Å². The minimum absolute atomic E-state index is 0.455. The van der Waals surface area contributed by atoms with Crippen molar-refractivity contribution in [3.8, 4) is 5.40 Å². The molecular formula is C4I2N4S. The summed E-state index contributed by atoms with van der Waals surface area (Å²) in [7, 11) is 0. The number of aromatic nitrogens is 3. The number of halogens is 2. The van der Waals surface area contributed by atoms with E-state index in [1.165, 1.54) is 0 Å². The van der Waals surface area contributed by atoms with Gasteiger partial charge >= 0.3 is 0 Å². The van der Waals surface area contributed by atoms with Crippen LogP contribution in [-0.4, -0.2) is 15.0 Å². The van der Waals surface area contributed by atoms with Gasteiger partial charge in [-0.2, -0.15) is 20.2 Å². The standard InChI is InChI=1S/C4I2N4S/c5-2-8-3(6)10-4(9-2)11-1-7. The fraction of sp³-hybridized carbons (Fsp3) is 0. The predicted octanol–water partition coefficient (Wildman–Crippen LogP) is 1.65. The Morgan fingerprint density at radius 3 is 2.18 bits per heavy atom. The third kappa shape index (κ3) is 3.04. The molecule has 0 saturated carbocycles. The molecule has 0 radical (unpaired) electrons. The summed E-state index contributed by atoms with van der Waals surface area (Å²) in [6.07, 6.45) is 0. The summed E-state index contributed by atoms with van der Waals surface area (Å²) in [4.78, 5) is 11.8. The van der Waals surface area contributed by atoms with Crippen LogP contribution in [0.25, 0.3) is 0 Å². The van der Waals surface area contributed by atoms with Gasteiger partial charge in [0.2, 0.25) is 5.16 Å². The minimum atomic E-state index is 0.455. The molecule has 0 N–H and O–H groups in total. The van der Waals surface area contributed by atoms with E-state index in [-0.39, 0.29) is 0 Å². The van der Waals surface area contributed by atoms with Crippen molar-refractivity contribution in [2.75, 3.05) is 0 Å². The Morgan fingerprint density at radius 1 is 1.18 bits per heavy atom. The molecular weight excluding hydrogens is 390 g/mol. The lowest BCUT2D eigenvalue weighted by Gasteiger charge is -1.93. The summed E-state index contributed by atoms with van der Waals surface area (Å²) in [5, 5.41) is 10.7. The van der Waals surface area contributed by atoms with Gasteiger partial charge < -0.3 is 0 Å². The van der Waals surface area contributed by atoms with E-state index in [2.05, 4.69) is 15.0 Å². The van der Waals surface area contributed by atoms with Gasteiger partial charge in [0.25, 0.3) is 0 Å². The summed E-state index contributed by atoms with van der Waals surface area (Å²) in [5.74, 6) is 0. The van der Waals surface area contributed by atoms with Crippen LogP contribution in [0.15, 0.2) is 5.16 Å². The summed E-state index contributed by atoms with van der Waals surface area (Å²) in [6, 6.07) is 0. The summed E-state index contributed by atoms with van der Waals surface area (Å²) >= 11 is 4.90. The highest BCUT2D eigenvalue weighted by atomic mass is 127. The van der Waals surface area contributed by atoms with Gasteiger partial charge in [0, 0.05) is 56.9 Å². The number of nitrogens with zero attached hydrogens (tertiary/aromatic N) is 4. The average Bonchev–Trinajstić information content (AvgIpc) is 1.85. The number of nitriles is 1. The van der Waals surface area contributed by atoms with Crippen molar-refractivity contribution in [3.63, 3.8) is 0 Å². The highest BCUT2D eigenvalue weighted by Gasteiger charge is 2.01. The Bertz CT molecular complexity index is 289. The van der Waals surface area contributed by atoms with Crippen LogP contribution in [-0.2, 0) is 0 Å². The zero-order chi connectivity index (χ0) is 8.27. The molecule has 4 nitrogen and oxygen atoms in total. The van der Waals surface area contributed by atoms with Crippen molar-refractivity contribution in [2.24, 2.45) is 0 Å². The maximum Gasteiger partial charge on any atom is 0.207 e. The molecule has 7 heteroatoms. The van der Waals surface area contributed by atoms with Gasteiger partial charge in [0.15, 0.2) is 7.66 Å². The molecule has 0 atom stereocenters. The van der Waals surface area contributed by atoms with Gasteiger partial charge in [-0.1, -0.05) is 0 Å². The molecule has 0 aromatic carbocycles. The van der Waals surface area contributed by atoms with Crippen molar-refractivity contribution in [3.05, 3.63) is 7.66 Å². The van der Waals surface area contributed by atoms with Gasteiger partial charge in [0.1, 0.15) is 5.40 Å². The van der Waals surface area contributed by atoms with Crippen molar-refractivity contribution in [1.29, 1.82) is 5.26 Å². The van der Waals surface area contributed by atoms with Gasteiger partial charge in [-0.05, 0) is 0 Å².